The van der Waals surface area contributed by atoms with Crippen molar-refractivity contribution in [1.29, 1.82) is 0 Å². The lowest BCUT2D eigenvalue weighted by molar-refractivity contribution is -0.152. The van der Waals surface area contributed by atoms with E-state index < -0.39 is 5.92 Å². The maximum absolute atomic E-state index is 13.1. The molecule has 0 aromatic carbocycles. The van der Waals surface area contributed by atoms with Crippen LogP contribution in [-0.4, -0.2) is 32.1 Å². The minimum atomic E-state index is -2.55. The molecule has 2 rings (SSSR count). The summed E-state index contributed by atoms with van der Waals surface area (Å²) in [6, 6.07) is 0. The molecule has 1 aliphatic carbocycles. The second-order valence-corrected chi connectivity index (χ2v) is 4.92. The van der Waals surface area contributed by atoms with Gasteiger partial charge in [0, 0.05) is 25.9 Å². The third-order valence-electron chi connectivity index (χ3n) is 4.03. The lowest BCUT2D eigenvalue weighted by atomic mass is 9.67. The largest absolute Gasteiger partial charge is 0.469 e. The minimum Gasteiger partial charge on any atom is -0.469 e. The fourth-order valence-electron chi connectivity index (χ4n) is 2.92. The number of ether oxygens (including phenoxy) is 1. The van der Waals surface area contributed by atoms with E-state index in [4.69, 9.17) is 4.74 Å². The van der Waals surface area contributed by atoms with E-state index in [1.54, 1.807) is 0 Å². The van der Waals surface area contributed by atoms with Crippen LogP contribution >= 0.6 is 0 Å². The number of methoxy groups -OCH3 is 1. The number of rotatable bonds is 1. The fraction of sp³-hybridized carbons (Fsp3) is 0.909. The molecule has 3 nitrogen and oxygen atoms in total. The number of alkyl halides is 2. The van der Waals surface area contributed by atoms with Crippen LogP contribution in [0.5, 0.6) is 0 Å². The molecule has 0 aromatic heterocycles. The van der Waals surface area contributed by atoms with Crippen molar-refractivity contribution in [3.8, 4) is 0 Å². The quantitative estimate of drug-likeness (QED) is 0.699. The summed E-state index contributed by atoms with van der Waals surface area (Å²) < 4.78 is 31.0. The van der Waals surface area contributed by atoms with Gasteiger partial charge < -0.3 is 10.1 Å². The molecule has 2 aliphatic rings. The Morgan fingerprint density at radius 1 is 1.31 bits per heavy atom. The summed E-state index contributed by atoms with van der Waals surface area (Å²) in [4.78, 5) is 11.6. The third-order valence-corrected chi connectivity index (χ3v) is 4.03. The van der Waals surface area contributed by atoms with Crippen molar-refractivity contribution < 1.29 is 18.3 Å². The van der Waals surface area contributed by atoms with Crippen LogP contribution in [0.1, 0.15) is 25.7 Å². The first-order valence-electron chi connectivity index (χ1n) is 5.65. The monoisotopic (exact) mass is 233 g/mol. The molecule has 0 amide bonds. The molecule has 1 atom stereocenters. The highest BCUT2D eigenvalue weighted by atomic mass is 19.3. The third kappa shape index (κ3) is 1.93. The maximum Gasteiger partial charge on any atom is 0.310 e. The number of hydrogen-bond acceptors (Lipinski definition) is 3. The summed E-state index contributed by atoms with van der Waals surface area (Å²) in [5.74, 6) is -3.07. The number of carbonyl (C=O) groups excluding carboxylic acids is 1. The normalized spacial score (nSPS) is 31.6. The number of halogens is 2. The SMILES string of the molecule is COC(=O)C1CNCC12CCC(F)(F)CC2. The number of carbonyl (C=O) groups is 1. The van der Waals surface area contributed by atoms with Crippen LogP contribution in [0.3, 0.4) is 0 Å². The highest BCUT2D eigenvalue weighted by molar-refractivity contribution is 5.74. The molecule has 2 fully saturated rings. The van der Waals surface area contributed by atoms with Gasteiger partial charge in [-0.2, -0.15) is 0 Å². The first kappa shape index (κ1) is 11.8. The Balaban J connectivity index is 2.10. The highest BCUT2D eigenvalue weighted by Gasteiger charge is 2.52. The molecule has 0 radical (unpaired) electrons. The first-order valence-corrected chi connectivity index (χ1v) is 5.65. The maximum atomic E-state index is 13.1. The van der Waals surface area contributed by atoms with E-state index in [1.807, 2.05) is 0 Å². The van der Waals surface area contributed by atoms with Crippen molar-refractivity contribution in [2.75, 3.05) is 20.2 Å². The predicted molar refractivity (Wildman–Crippen MR) is 54.2 cm³/mol. The Labute approximate surface area is 93.5 Å². The standard InChI is InChI=1S/C11H17F2NO2/c1-16-9(15)8-6-14-7-10(8)2-4-11(12,13)5-3-10/h8,14H,2-7H2,1H3. The fourth-order valence-corrected chi connectivity index (χ4v) is 2.92. The van der Waals surface area contributed by atoms with E-state index in [0.29, 0.717) is 25.9 Å². The van der Waals surface area contributed by atoms with Crippen LogP contribution in [0.4, 0.5) is 8.78 Å². The Kier molecular flexibility index (Phi) is 2.90. The lowest BCUT2D eigenvalue weighted by Crippen LogP contribution is -2.41. The van der Waals surface area contributed by atoms with Crippen molar-refractivity contribution in [2.45, 2.75) is 31.6 Å². The molecule has 1 spiro atoms. The Morgan fingerprint density at radius 3 is 2.50 bits per heavy atom. The zero-order valence-corrected chi connectivity index (χ0v) is 9.39. The average molecular weight is 233 g/mol. The van der Waals surface area contributed by atoms with Gasteiger partial charge in [-0.25, -0.2) is 8.78 Å². The van der Waals surface area contributed by atoms with Crippen molar-refractivity contribution in [1.82, 2.24) is 5.32 Å². The van der Waals surface area contributed by atoms with E-state index in [2.05, 4.69) is 5.32 Å². The van der Waals surface area contributed by atoms with Gasteiger partial charge in [0.05, 0.1) is 13.0 Å². The van der Waals surface area contributed by atoms with Gasteiger partial charge in [0.2, 0.25) is 5.92 Å². The molecule has 16 heavy (non-hydrogen) atoms. The molecule has 92 valence electrons. The van der Waals surface area contributed by atoms with E-state index in [-0.39, 0.29) is 30.1 Å². The van der Waals surface area contributed by atoms with Gasteiger partial charge >= 0.3 is 5.97 Å². The molecule has 1 saturated carbocycles. The van der Waals surface area contributed by atoms with Crippen LogP contribution in [0.2, 0.25) is 0 Å². The molecular weight excluding hydrogens is 216 g/mol. The van der Waals surface area contributed by atoms with Gasteiger partial charge in [0.25, 0.3) is 0 Å². The number of esters is 1. The molecule has 5 heteroatoms. The van der Waals surface area contributed by atoms with Gasteiger partial charge in [-0.15, -0.1) is 0 Å². The summed E-state index contributed by atoms with van der Waals surface area (Å²) in [5, 5.41) is 3.13. The number of hydrogen-bond donors (Lipinski definition) is 1. The second-order valence-electron chi connectivity index (χ2n) is 4.92. The summed E-state index contributed by atoms with van der Waals surface area (Å²) in [7, 11) is 1.35. The van der Waals surface area contributed by atoms with Crippen molar-refractivity contribution in [3.63, 3.8) is 0 Å². The predicted octanol–water partition coefficient (Wildman–Crippen LogP) is 1.57. The van der Waals surface area contributed by atoms with Gasteiger partial charge in [0.1, 0.15) is 0 Å². The molecule has 1 aliphatic heterocycles. The molecule has 0 bridgehead atoms. The highest BCUT2D eigenvalue weighted by Crippen LogP contribution is 2.49. The van der Waals surface area contributed by atoms with E-state index in [9.17, 15) is 13.6 Å². The summed E-state index contributed by atoms with van der Waals surface area (Å²) >= 11 is 0. The van der Waals surface area contributed by atoms with Crippen molar-refractivity contribution >= 4 is 5.97 Å². The minimum absolute atomic E-state index is 0.109. The molecule has 0 aromatic rings. The number of nitrogens with one attached hydrogen (secondary N) is 1. The zero-order chi connectivity index (χ0) is 11.8. The average Bonchev–Trinajstić information content (AvgIpc) is 2.66. The Morgan fingerprint density at radius 2 is 1.94 bits per heavy atom. The molecule has 1 heterocycles. The van der Waals surface area contributed by atoms with Gasteiger partial charge in [-0.1, -0.05) is 0 Å². The first-order chi connectivity index (χ1) is 7.49. The summed E-state index contributed by atoms with van der Waals surface area (Å²) in [6.07, 6.45) is 0.601. The van der Waals surface area contributed by atoms with E-state index >= 15 is 0 Å². The van der Waals surface area contributed by atoms with Crippen LogP contribution in [0, 0.1) is 11.3 Å². The van der Waals surface area contributed by atoms with Crippen molar-refractivity contribution in [2.24, 2.45) is 11.3 Å². The summed E-state index contributed by atoms with van der Waals surface area (Å²) in [5.41, 5.74) is -0.297. The molecule has 1 unspecified atom stereocenters. The topological polar surface area (TPSA) is 38.3 Å². The van der Waals surface area contributed by atoms with Crippen LogP contribution in [0.15, 0.2) is 0 Å². The van der Waals surface area contributed by atoms with Gasteiger partial charge in [-0.3, -0.25) is 4.79 Å². The van der Waals surface area contributed by atoms with E-state index in [1.165, 1.54) is 7.11 Å². The van der Waals surface area contributed by atoms with Gasteiger partial charge in [0.15, 0.2) is 0 Å². The zero-order valence-electron chi connectivity index (χ0n) is 9.39. The Bertz CT molecular complexity index is 284. The van der Waals surface area contributed by atoms with Crippen LogP contribution in [0.25, 0.3) is 0 Å². The second kappa shape index (κ2) is 3.95. The molecule has 1 N–H and O–H groups in total. The molecular formula is C11H17F2NO2. The van der Waals surface area contributed by atoms with E-state index in [0.717, 1.165) is 0 Å². The smallest absolute Gasteiger partial charge is 0.310 e. The van der Waals surface area contributed by atoms with Crippen LogP contribution in [-0.2, 0) is 9.53 Å². The molecule has 1 saturated heterocycles. The summed E-state index contributed by atoms with van der Waals surface area (Å²) in [6.45, 7) is 1.21. The Hall–Kier alpha value is -0.710. The van der Waals surface area contributed by atoms with Crippen LogP contribution < -0.4 is 5.32 Å². The lowest BCUT2D eigenvalue weighted by Gasteiger charge is -2.39. The van der Waals surface area contributed by atoms with Gasteiger partial charge in [-0.05, 0) is 18.3 Å². The van der Waals surface area contributed by atoms with Crippen molar-refractivity contribution in [3.05, 3.63) is 0 Å².